The van der Waals surface area contributed by atoms with Crippen LogP contribution in [0.5, 0.6) is 5.75 Å². The van der Waals surface area contributed by atoms with Crippen molar-refractivity contribution in [2.24, 2.45) is 0 Å². The third kappa shape index (κ3) is 4.06. The van der Waals surface area contributed by atoms with Gasteiger partial charge in [-0.15, -0.1) is 0 Å². The normalized spacial score (nSPS) is 15.6. The van der Waals surface area contributed by atoms with Gasteiger partial charge in [0, 0.05) is 18.7 Å². The minimum atomic E-state index is -1.16. The van der Waals surface area contributed by atoms with Gasteiger partial charge in [0.05, 0.1) is 23.1 Å². The lowest BCUT2D eigenvalue weighted by Gasteiger charge is -2.19. The number of carbonyl (C=O) groups is 2. The molecule has 0 saturated heterocycles. The molecule has 0 fully saturated rings. The molecule has 1 atom stereocenters. The van der Waals surface area contributed by atoms with Crippen LogP contribution in [0.2, 0.25) is 5.02 Å². The van der Waals surface area contributed by atoms with E-state index in [-0.39, 0.29) is 40.3 Å². The Bertz CT molecular complexity index is 1240. The molecule has 0 aliphatic carbocycles. The number of nitrogens with one attached hydrogen (secondary N) is 1. The molecule has 0 spiro atoms. The number of likely N-dealkylation sites (N-methyl/N-ethyl adjacent to an activating group) is 1. The molecular weight excluding hydrogens is 451 g/mol. The molecule has 2 amide bonds. The first kappa shape index (κ1) is 21.5. The maximum Gasteiger partial charge on any atom is 0.289 e. The molecule has 0 saturated carbocycles. The lowest BCUT2D eigenvalue weighted by atomic mass is 10.1. The molecule has 1 aliphatic rings. The van der Waals surface area contributed by atoms with E-state index in [1.165, 1.54) is 13.1 Å². The molecule has 1 aromatic carbocycles. The summed E-state index contributed by atoms with van der Waals surface area (Å²) >= 11 is 6.06. The number of anilines is 1. The van der Waals surface area contributed by atoms with Crippen LogP contribution in [0.15, 0.2) is 36.7 Å². The predicted octanol–water partition coefficient (Wildman–Crippen LogP) is 2.76. The smallest absolute Gasteiger partial charge is 0.289 e. The van der Waals surface area contributed by atoms with Crippen molar-refractivity contribution >= 4 is 29.2 Å². The fourth-order valence-electron chi connectivity index (χ4n) is 3.00. The zero-order valence-electron chi connectivity index (χ0n) is 16.3. The van der Waals surface area contributed by atoms with Crippen molar-refractivity contribution in [1.82, 2.24) is 20.3 Å². The van der Waals surface area contributed by atoms with E-state index in [4.69, 9.17) is 16.3 Å². The Hall–Kier alpha value is -3.73. The van der Waals surface area contributed by atoms with Gasteiger partial charge in [0.2, 0.25) is 5.82 Å². The highest BCUT2D eigenvalue weighted by molar-refractivity contribution is 6.32. The van der Waals surface area contributed by atoms with E-state index in [0.29, 0.717) is 0 Å². The van der Waals surface area contributed by atoms with Crippen molar-refractivity contribution in [3.63, 3.8) is 0 Å². The number of rotatable bonds is 3. The Morgan fingerprint density at radius 1 is 1.19 bits per heavy atom. The Morgan fingerprint density at radius 3 is 2.72 bits per heavy atom. The summed E-state index contributed by atoms with van der Waals surface area (Å²) in [6.07, 6.45) is 2.06. The number of benzene rings is 1. The topological polar surface area (TPSA) is 97.3 Å². The number of fused-ring (bicyclic) bond motifs is 1. The largest absolute Gasteiger partial charge is 0.487 e. The third-order valence-electron chi connectivity index (χ3n) is 4.60. The van der Waals surface area contributed by atoms with Crippen LogP contribution in [0.25, 0.3) is 11.3 Å². The molecule has 32 heavy (non-hydrogen) atoms. The van der Waals surface area contributed by atoms with Gasteiger partial charge < -0.3 is 10.1 Å². The molecule has 2 aromatic heterocycles. The van der Waals surface area contributed by atoms with Crippen molar-refractivity contribution in [1.29, 1.82) is 0 Å². The zero-order chi connectivity index (χ0) is 23.0. The second kappa shape index (κ2) is 8.42. The van der Waals surface area contributed by atoms with Gasteiger partial charge in [0.1, 0.15) is 18.5 Å². The van der Waals surface area contributed by atoms with Gasteiger partial charge in [-0.05, 0) is 18.2 Å². The second-order valence-electron chi connectivity index (χ2n) is 6.73. The number of pyridine rings is 1. The van der Waals surface area contributed by atoms with Gasteiger partial charge in [0.25, 0.3) is 11.8 Å². The van der Waals surface area contributed by atoms with E-state index in [1.807, 2.05) is 0 Å². The van der Waals surface area contributed by atoms with Crippen molar-refractivity contribution in [2.75, 3.05) is 18.6 Å². The second-order valence-corrected chi connectivity index (χ2v) is 7.14. The summed E-state index contributed by atoms with van der Waals surface area (Å²) in [5.41, 5.74) is 0.126. The molecule has 1 aliphatic heterocycles. The minimum Gasteiger partial charge on any atom is -0.487 e. The first-order valence-electron chi connectivity index (χ1n) is 9.09. The lowest BCUT2D eigenvalue weighted by Crippen LogP contribution is -2.49. The van der Waals surface area contributed by atoms with Crippen LogP contribution in [0.1, 0.15) is 10.6 Å². The van der Waals surface area contributed by atoms with Gasteiger partial charge in [-0.2, -0.15) is 0 Å². The van der Waals surface area contributed by atoms with Crippen LogP contribution in [0, 0.1) is 17.5 Å². The van der Waals surface area contributed by atoms with Crippen molar-refractivity contribution in [2.45, 2.75) is 6.04 Å². The number of hydrogen-bond donors (Lipinski definition) is 1. The number of aromatic nitrogens is 3. The maximum absolute atomic E-state index is 13.6. The van der Waals surface area contributed by atoms with Crippen LogP contribution >= 0.6 is 11.6 Å². The van der Waals surface area contributed by atoms with E-state index in [0.717, 1.165) is 35.5 Å². The predicted molar refractivity (Wildman–Crippen MR) is 107 cm³/mol. The summed E-state index contributed by atoms with van der Waals surface area (Å²) < 4.78 is 45.7. The van der Waals surface area contributed by atoms with Crippen LogP contribution in [-0.2, 0) is 4.79 Å². The van der Waals surface area contributed by atoms with Gasteiger partial charge in [-0.25, -0.2) is 28.1 Å². The summed E-state index contributed by atoms with van der Waals surface area (Å²) in [6, 6.07) is 2.94. The number of carbonyl (C=O) groups excluding carboxylic acids is 2. The van der Waals surface area contributed by atoms with Gasteiger partial charge in [-0.3, -0.25) is 14.5 Å². The van der Waals surface area contributed by atoms with Crippen LogP contribution in [-0.4, -0.2) is 46.5 Å². The Morgan fingerprint density at radius 2 is 1.97 bits per heavy atom. The van der Waals surface area contributed by atoms with Gasteiger partial charge in [-0.1, -0.05) is 11.6 Å². The van der Waals surface area contributed by atoms with Gasteiger partial charge >= 0.3 is 0 Å². The highest BCUT2D eigenvalue weighted by Gasteiger charge is 2.32. The highest BCUT2D eigenvalue weighted by atomic mass is 35.5. The van der Waals surface area contributed by atoms with Crippen molar-refractivity contribution < 1.29 is 27.5 Å². The quantitative estimate of drug-likeness (QED) is 0.641. The lowest BCUT2D eigenvalue weighted by molar-refractivity contribution is -0.120. The number of amides is 2. The van der Waals surface area contributed by atoms with Crippen LogP contribution in [0.3, 0.4) is 0 Å². The summed E-state index contributed by atoms with van der Waals surface area (Å²) in [4.78, 5) is 38.3. The molecule has 164 valence electrons. The molecule has 3 heterocycles. The molecular formula is C20H13ClF3N5O3. The highest BCUT2D eigenvalue weighted by Crippen LogP contribution is 2.29. The summed E-state index contributed by atoms with van der Waals surface area (Å²) in [6.45, 7) is -0.295. The molecule has 1 N–H and O–H groups in total. The van der Waals surface area contributed by atoms with E-state index < -0.39 is 35.3 Å². The minimum absolute atomic E-state index is 0.00152. The third-order valence-corrected chi connectivity index (χ3v) is 4.87. The van der Waals surface area contributed by atoms with E-state index in [9.17, 15) is 22.8 Å². The molecule has 0 radical (unpaired) electrons. The molecule has 12 heteroatoms. The molecule has 8 nitrogen and oxygen atoms in total. The number of nitrogens with zero attached hydrogens (tertiary/aromatic N) is 4. The van der Waals surface area contributed by atoms with Gasteiger partial charge in [0.15, 0.2) is 23.2 Å². The van der Waals surface area contributed by atoms with Crippen LogP contribution in [0.4, 0.5) is 19.0 Å². The summed E-state index contributed by atoms with van der Waals surface area (Å²) in [5.74, 6) is -4.45. The Labute approximate surface area is 184 Å². The fraction of sp³-hybridized carbons (Fsp3) is 0.150. The van der Waals surface area contributed by atoms with Crippen molar-refractivity contribution in [3.8, 4) is 17.0 Å². The van der Waals surface area contributed by atoms with E-state index in [2.05, 4.69) is 20.3 Å². The average molecular weight is 464 g/mol. The van der Waals surface area contributed by atoms with E-state index >= 15 is 0 Å². The number of ether oxygens (including phenoxy) is 1. The SMILES string of the molecule is CN1C(=O)[C@@H](NC(=O)c2ncc(Cl)c(-c3ccc(F)c(F)c3)n2)COc2cc(F)cnc21. The molecule has 4 rings (SSSR count). The molecule has 0 bridgehead atoms. The van der Waals surface area contributed by atoms with E-state index in [1.54, 1.807) is 0 Å². The standard InChI is InChI=1S/C20H13ClF3N5O3/c1-29-18-15(5-10(22)6-26-18)32-8-14(20(29)31)27-19(30)17-25-7-11(21)16(28-17)9-2-3-12(23)13(24)4-9/h2-7,14H,8H2,1H3,(H,27,30)/t14-/m0/s1. The number of halogens is 4. The monoisotopic (exact) mass is 463 g/mol. The number of hydrogen-bond acceptors (Lipinski definition) is 6. The molecule has 0 unspecified atom stereocenters. The fourth-order valence-corrected chi connectivity index (χ4v) is 3.20. The summed E-state index contributed by atoms with van der Waals surface area (Å²) in [7, 11) is 1.40. The Kier molecular flexibility index (Phi) is 5.66. The zero-order valence-corrected chi connectivity index (χ0v) is 17.0. The maximum atomic E-state index is 13.6. The molecule has 3 aromatic rings. The first-order chi connectivity index (χ1) is 15.2. The van der Waals surface area contributed by atoms with Crippen molar-refractivity contribution in [3.05, 3.63) is 65.0 Å². The van der Waals surface area contributed by atoms with Crippen LogP contribution < -0.4 is 15.0 Å². The first-order valence-corrected chi connectivity index (χ1v) is 9.47. The Balaban J connectivity index is 1.58. The average Bonchev–Trinajstić information content (AvgIpc) is 2.88. The summed E-state index contributed by atoms with van der Waals surface area (Å²) in [5, 5.41) is 2.45.